The lowest BCUT2D eigenvalue weighted by Gasteiger charge is -2.41. The van der Waals surface area contributed by atoms with Crippen LogP contribution in [0.2, 0.25) is 0 Å². The lowest BCUT2D eigenvalue weighted by atomic mass is 9.75. The number of aliphatic carboxylic acids is 1. The van der Waals surface area contributed by atoms with Crippen LogP contribution in [0.4, 0.5) is 8.78 Å². The smallest absolute Gasteiger partial charge is 0.316 e. The van der Waals surface area contributed by atoms with Crippen molar-refractivity contribution in [3.8, 4) is 0 Å². The Labute approximate surface area is 96.0 Å². The van der Waals surface area contributed by atoms with Crippen molar-refractivity contribution in [2.24, 2.45) is 11.1 Å². The molecule has 3 N–H and O–H groups in total. The lowest BCUT2D eigenvalue weighted by molar-refractivity contribution is -0.184. The number of carbonyl (C=O) groups is 1. The van der Waals surface area contributed by atoms with Gasteiger partial charge in [0.25, 0.3) is 0 Å². The molecule has 1 aromatic rings. The number of halogens is 2. The quantitative estimate of drug-likeness (QED) is 0.832. The van der Waals surface area contributed by atoms with E-state index in [0.29, 0.717) is 6.07 Å². The van der Waals surface area contributed by atoms with Gasteiger partial charge in [-0.05, 0) is 6.07 Å². The summed E-state index contributed by atoms with van der Waals surface area (Å²) in [6.45, 7) is -0.138. The molecule has 0 amide bonds. The Hall–Kier alpha value is -1.53. The van der Waals surface area contributed by atoms with Crippen LogP contribution in [0.1, 0.15) is 11.6 Å². The molecular formula is C11H11F2NO3. The van der Waals surface area contributed by atoms with E-state index in [4.69, 9.17) is 15.6 Å². The van der Waals surface area contributed by atoms with E-state index < -0.39 is 29.1 Å². The van der Waals surface area contributed by atoms with Crippen molar-refractivity contribution in [2.75, 3.05) is 13.2 Å². The van der Waals surface area contributed by atoms with Gasteiger partial charge in [-0.15, -0.1) is 0 Å². The zero-order valence-corrected chi connectivity index (χ0v) is 8.82. The van der Waals surface area contributed by atoms with Crippen LogP contribution >= 0.6 is 0 Å². The van der Waals surface area contributed by atoms with Gasteiger partial charge in [0.1, 0.15) is 17.0 Å². The number of carboxylic acids is 1. The molecule has 4 nitrogen and oxygen atoms in total. The molecule has 1 aliphatic rings. The summed E-state index contributed by atoms with van der Waals surface area (Å²) in [7, 11) is 0. The Balaban J connectivity index is 2.36. The number of carboxylic acid groups (broad SMARTS) is 1. The second kappa shape index (κ2) is 4.05. The highest BCUT2D eigenvalue weighted by atomic mass is 19.1. The minimum absolute atomic E-state index is 0.0166. The summed E-state index contributed by atoms with van der Waals surface area (Å²) in [6, 6.07) is 1.84. The highest BCUT2D eigenvalue weighted by Crippen LogP contribution is 2.40. The molecule has 0 radical (unpaired) electrons. The van der Waals surface area contributed by atoms with Crippen LogP contribution in [0.5, 0.6) is 0 Å². The fourth-order valence-electron chi connectivity index (χ4n) is 1.81. The normalized spacial score (nSPS) is 19.5. The van der Waals surface area contributed by atoms with E-state index in [1.54, 1.807) is 0 Å². The van der Waals surface area contributed by atoms with Gasteiger partial charge in [0, 0.05) is 11.6 Å². The van der Waals surface area contributed by atoms with E-state index in [0.717, 1.165) is 6.07 Å². The summed E-state index contributed by atoms with van der Waals surface area (Å²) in [5, 5.41) is 9.10. The van der Waals surface area contributed by atoms with E-state index >= 15 is 0 Å². The lowest BCUT2D eigenvalue weighted by Crippen LogP contribution is -2.55. The van der Waals surface area contributed by atoms with Gasteiger partial charge in [-0.3, -0.25) is 4.79 Å². The third-order valence-corrected chi connectivity index (χ3v) is 3.04. The standard InChI is InChI=1S/C11H11F2NO3/c12-6-1-2-7(8(13)3-6)9(14)11(10(15)16)4-17-5-11/h1-3,9H,4-5,14H2,(H,15,16). The fourth-order valence-corrected chi connectivity index (χ4v) is 1.81. The summed E-state index contributed by atoms with van der Waals surface area (Å²) in [5.41, 5.74) is 4.43. The van der Waals surface area contributed by atoms with Crippen molar-refractivity contribution in [2.45, 2.75) is 6.04 Å². The van der Waals surface area contributed by atoms with Crippen molar-refractivity contribution in [3.63, 3.8) is 0 Å². The van der Waals surface area contributed by atoms with Crippen molar-refractivity contribution in [3.05, 3.63) is 35.4 Å². The summed E-state index contributed by atoms with van der Waals surface area (Å²) in [4.78, 5) is 11.1. The number of hydrogen-bond donors (Lipinski definition) is 2. The molecule has 0 spiro atoms. The van der Waals surface area contributed by atoms with Gasteiger partial charge < -0.3 is 15.6 Å². The highest BCUT2D eigenvalue weighted by Gasteiger charge is 2.52. The van der Waals surface area contributed by atoms with Gasteiger partial charge in [0.15, 0.2) is 0 Å². The highest BCUT2D eigenvalue weighted by molar-refractivity contribution is 5.77. The molecule has 0 aromatic heterocycles. The molecule has 1 atom stereocenters. The van der Waals surface area contributed by atoms with Crippen LogP contribution in [-0.2, 0) is 9.53 Å². The topological polar surface area (TPSA) is 72.6 Å². The summed E-state index contributed by atoms with van der Waals surface area (Å²) in [5.74, 6) is -2.71. The van der Waals surface area contributed by atoms with Gasteiger partial charge in [0.05, 0.1) is 19.3 Å². The molecule has 1 heterocycles. The summed E-state index contributed by atoms with van der Waals surface area (Å²) >= 11 is 0. The Morgan fingerprint density at radius 1 is 1.47 bits per heavy atom. The monoisotopic (exact) mass is 243 g/mol. The van der Waals surface area contributed by atoms with Crippen LogP contribution in [-0.4, -0.2) is 24.3 Å². The number of hydrogen-bond acceptors (Lipinski definition) is 3. The molecule has 0 saturated carbocycles. The largest absolute Gasteiger partial charge is 0.481 e. The number of ether oxygens (including phenoxy) is 1. The zero-order valence-electron chi connectivity index (χ0n) is 8.82. The predicted molar refractivity (Wildman–Crippen MR) is 54.2 cm³/mol. The van der Waals surface area contributed by atoms with Crippen LogP contribution in [0.3, 0.4) is 0 Å². The first-order chi connectivity index (χ1) is 7.97. The molecule has 17 heavy (non-hydrogen) atoms. The van der Waals surface area contributed by atoms with E-state index in [1.807, 2.05) is 0 Å². The minimum atomic E-state index is -1.32. The second-order valence-electron chi connectivity index (χ2n) is 4.10. The zero-order chi connectivity index (χ0) is 12.6. The van der Waals surface area contributed by atoms with Crippen LogP contribution in [0.25, 0.3) is 0 Å². The average Bonchev–Trinajstić information content (AvgIpc) is 2.14. The Morgan fingerprint density at radius 2 is 2.12 bits per heavy atom. The third-order valence-electron chi connectivity index (χ3n) is 3.04. The van der Waals surface area contributed by atoms with Crippen LogP contribution in [0.15, 0.2) is 18.2 Å². The third kappa shape index (κ3) is 1.79. The van der Waals surface area contributed by atoms with E-state index in [9.17, 15) is 13.6 Å². The number of nitrogens with two attached hydrogens (primary N) is 1. The average molecular weight is 243 g/mol. The summed E-state index contributed by atoms with van der Waals surface area (Å²) < 4.78 is 31.1. The molecule has 0 aliphatic carbocycles. The first-order valence-electron chi connectivity index (χ1n) is 4.99. The van der Waals surface area contributed by atoms with Gasteiger partial charge in [-0.2, -0.15) is 0 Å². The first kappa shape index (κ1) is 11.9. The summed E-state index contributed by atoms with van der Waals surface area (Å²) in [6.07, 6.45) is 0. The Morgan fingerprint density at radius 3 is 2.53 bits per heavy atom. The number of rotatable bonds is 3. The van der Waals surface area contributed by atoms with Gasteiger partial charge >= 0.3 is 5.97 Å². The van der Waals surface area contributed by atoms with E-state index in [1.165, 1.54) is 6.07 Å². The molecule has 6 heteroatoms. The minimum Gasteiger partial charge on any atom is -0.481 e. The molecular weight excluding hydrogens is 232 g/mol. The maximum absolute atomic E-state index is 13.5. The van der Waals surface area contributed by atoms with Crippen molar-refractivity contribution < 1.29 is 23.4 Å². The van der Waals surface area contributed by atoms with Crippen molar-refractivity contribution in [1.29, 1.82) is 0 Å². The fraction of sp³-hybridized carbons (Fsp3) is 0.364. The Bertz CT molecular complexity index is 460. The first-order valence-corrected chi connectivity index (χ1v) is 4.99. The van der Waals surface area contributed by atoms with Gasteiger partial charge in [0.2, 0.25) is 0 Å². The van der Waals surface area contributed by atoms with Gasteiger partial charge in [-0.1, -0.05) is 6.07 Å². The molecule has 1 saturated heterocycles. The van der Waals surface area contributed by atoms with Crippen molar-refractivity contribution in [1.82, 2.24) is 0 Å². The van der Waals surface area contributed by atoms with Crippen LogP contribution in [0, 0.1) is 17.0 Å². The van der Waals surface area contributed by atoms with E-state index in [-0.39, 0.29) is 18.8 Å². The molecule has 2 rings (SSSR count). The molecule has 92 valence electrons. The van der Waals surface area contributed by atoms with E-state index in [2.05, 4.69) is 0 Å². The molecule has 1 unspecified atom stereocenters. The molecule has 0 bridgehead atoms. The molecule has 1 fully saturated rings. The maximum Gasteiger partial charge on any atom is 0.316 e. The predicted octanol–water partition coefficient (Wildman–Crippen LogP) is 1.07. The SMILES string of the molecule is NC(c1ccc(F)cc1F)C1(C(=O)O)COC1. The molecule has 1 aliphatic heterocycles. The second-order valence-corrected chi connectivity index (χ2v) is 4.10. The maximum atomic E-state index is 13.5. The number of benzene rings is 1. The molecule has 1 aromatic carbocycles. The van der Waals surface area contributed by atoms with Gasteiger partial charge in [-0.25, -0.2) is 8.78 Å². The van der Waals surface area contributed by atoms with Crippen LogP contribution < -0.4 is 5.73 Å². The Kier molecular flexibility index (Phi) is 2.84. The van der Waals surface area contributed by atoms with Crippen molar-refractivity contribution >= 4 is 5.97 Å².